The quantitative estimate of drug-likeness (QED) is 0.770. The fourth-order valence-corrected chi connectivity index (χ4v) is 3.05. The van der Waals surface area contributed by atoms with Crippen molar-refractivity contribution in [2.24, 2.45) is 7.05 Å². The van der Waals surface area contributed by atoms with E-state index in [1.54, 1.807) is 0 Å². The van der Waals surface area contributed by atoms with Crippen LogP contribution in [0.1, 0.15) is 13.8 Å². The molecule has 0 aliphatic rings. The van der Waals surface area contributed by atoms with Gasteiger partial charge in [0.1, 0.15) is 0 Å². The monoisotopic (exact) mass is 303 g/mol. The van der Waals surface area contributed by atoms with Gasteiger partial charge in [-0.15, -0.1) is 0 Å². The van der Waals surface area contributed by atoms with Crippen LogP contribution in [0.15, 0.2) is 41.7 Å². The van der Waals surface area contributed by atoms with Crippen LogP contribution in [0.3, 0.4) is 0 Å². The minimum atomic E-state index is 0.161. The summed E-state index contributed by atoms with van der Waals surface area (Å²) in [5.41, 5.74) is 2.20. The summed E-state index contributed by atoms with van der Waals surface area (Å²) in [4.78, 5) is 18.3. The van der Waals surface area contributed by atoms with Gasteiger partial charge < -0.3 is 9.47 Å². The number of rotatable bonds is 6. The van der Waals surface area contributed by atoms with Crippen LogP contribution >= 0.6 is 11.8 Å². The molecule has 0 aliphatic heterocycles. The van der Waals surface area contributed by atoms with Crippen molar-refractivity contribution < 1.29 is 4.79 Å². The lowest BCUT2D eigenvalue weighted by atomic mass is 10.2. The number of carbonyl (C=O) groups is 1. The second kappa shape index (κ2) is 7.31. The van der Waals surface area contributed by atoms with Crippen LogP contribution in [0, 0.1) is 0 Å². The minimum Gasteiger partial charge on any atom is -0.343 e. The van der Waals surface area contributed by atoms with Crippen LogP contribution in [-0.4, -0.2) is 39.2 Å². The normalized spacial score (nSPS) is 10.6. The van der Waals surface area contributed by atoms with Gasteiger partial charge in [-0.2, -0.15) is 0 Å². The number of nitrogens with zero attached hydrogens (tertiary/aromatic N) is 3. The number of aromatic nitrogens is 2. The molecule has 1 heterocycles. The molecule has 4 nitrogen and oxygen atoms in total. The summed E-state index contributed by atoms with van der Waals surface area (Å²) in [5.74, 6) is 0.593. The number of thioether (sulfide) groups is 1. The highest BCUT2D eigenvalue weighted by Crippen LogP contribution is 2.24. The first kappa shape index (κ1) is 15.6. The summed E-state index contributed by atoms with van der Waals surface area (Å²) in [6.07, 6.45) is 1.86. The van der Waals surface area contributed by atoms with E-state index >= 15 is 0 Å². The lowest BCUT2D eigenvalue weighted by molar-refractivity contribution is -0.127. The Morgan fingerprint density at radius 3 is 2.52 bits per heavy atom. The van der Waals surface area contributed by atoms with E-state index in [9.17, 15) is 4.79 Å². The fraction of sp³-hybridized carbons (Fsp3) is 0.375. The van der Waals surface area contributed by atoms with Gasteiger partial charge >= 0.3 is 0 Å². The smallest absolute Gasteiger partial charge is 0.233 e. The van der Waals surface area contributed by atoms with Crippen molar-refractivity contribution in [3.63, 3.8) is 0 Å². The zero-order valence-corrected chi connectivity index (χ0v) is 13.6. The molecule has 0 atom stereocenters. The second-order valence-electron chi connectivity index (χ2n) is 4.71. The molecule has 2 aromatic rings. The standard InChI is InChI=1S/C16H21N3OS/c1-4-19(5-2)15(20)12-21-16-17-11-14(18(16)3)13-9-7-6-8-10-13/h6-11H,4-5,12H2,1-3H3. The van der Waals surface area contributed by atoms with Gasteiger partial charge in [0.25, 0.3) is 0 Å². The third-order valence-corrected chi connectivity index (χ3v) is 4.48. The molecule has 0 saturated carbocycles. The van der Waals surface area contributed by atoms with Crippen molar-refractivity contribution in [3.8, 4) is 11.3 Å². The summed E-state index contributed by atoms with van der Waals surface area (Å²) < 4.78 is 2.04. The van der Waals surface area contributed by atoms with Crippen molar-refractivity contribution >= 4 is 17.7 Å². The zero-order valence-electron chi connectivity index (χ0n) is 12.7. The van der Waals surface area contributed by atoms with Gasteiger partial charge in [-0.05, 0) is 19.4 Å². The highest BCUT2D eigenvalue weighted by Gasteiger charge is 2.13. The van der Waals surface area contributed by atoms with E-state index in [4.69, 9.17) is 0 Å². The number of amides is 1. The van der Waals surface area contributed by atoms with Crippen LogP contribution in [0.25, 0.3) is 11.3 Å². The average Bonchev–Trinajstić information content (AvgIpc) is 2.88. The predicted octanol–water partition coefficient (Wildman–Crippen LogP) is 3.05. The van der Waals surface area contributed by atoms with Gasteiger partial charge in [-0.3, -0.25) is 4.79 Å². The van der Waals surface area contributed by atoms with E-state index in [2.05, 4.69) is 17.1 Å². The number of benzene rings is 1. The Balaban J connectivity index is 2.06. The van der Waals surface area contributed by atoms with E-state index in [0.717, 1.165) is 29.5 Å². The largest absolute Gasteiger partial charge is 0.343 e. The Bertz CT molecular complexity index is 591. The SMILES string of the molecule is CCN(CC)C(=O)CSc1ncc(-c2ccccc2)n1C. The van der Waals surface area contributed by atoms with Gasteiger partial charge in [0.05, 0.1) is 17.6 Å². The van der Waals surface area contributed by atoms with Crippen LogP contribution < -0.4 is 0 Å². The predicted molar refractivity (Wildman–Crippen MR) is 87.3 cm³/mol. The molecular weight excluding hydrogens is 282 g/mol. The van der Waals surface area contributed by atoms with Gasteiger partial charge in [0.2, 0.25) is 5.91 Å². The molecule has 0 aliphatic carbocycles. The summed E-state index contributed by atoms with van der Waals surface area (Å²) in [6, 6.07) is 10.1. The van der Waals surface area contributed by atoms with E-state index in [0.29, 0.717) is 5.75 Å². The lowest BCUT2D eigenvalue weighted by Crippen LogP contribution is -2.31. The molecule has 0 saturated heterocycles. The Labute approximate surface area is 130 Å². The van der Waals surface area contributed by atoms with Gasteiger partial charge in [0.15, 0.2) is 5.16 Å². The fourth-order valence-electron chi connectivity index (χ4n) is 2.20. The first-order valence-electron chi connectivity index (χ1n) is 7.15. The second-order valence-corrected chi connectivity index (χ2v) is 5.65. The van der Waals surface area contributed by atoms with Crippen LogP contribution in [0.5, 0.6) is 0 Å². The van der Waals surface area contributed by atoms with Crippen LogP contribution in [0.2, 0.25) is 0 Å². The first-order chi connectivity index (χ1) is 10.2. The molecule has 1 aromatic carbocycles. The van der Waals surface area contributed by atoms with Gasteiger partial charge in [-0.1, -0.05) is 42.1 Å². The average molecular weight is 303 g/mol. The van der Waals surface area contributed by atoms with Crippen LogP contribution in [-0.2, 0) is 11.8 Å². The Hall–Kier alpha value is -1.75. The Kier molecular flexibility index (Phi) is 5.44. The molecule has 1 aromatic heterocycles. The van der Waals surface area contributed by atoms with Crippen molar-refractivity contribution in [1.82, 2.24) is 14.5 Å². The van der Waals surface area contributed by atoms with E-state index in [1.807, 2.05) is 54.8 Å². The highest BCUT2D eigenvalue weighted by molar-refractivity contribution is 7.99. The van der Waals surface area contributed by atoms with Crippen molar-refractivity contribution in [3.05, 3.63) is 36.5 Å². The van der Waals surface area contributed by atoms with E-state index in [-0.39, 0.29) is 5.91 Å². The Morgan fingerprint density at radius 1 is 1.24 bits per heavy atom. The molecule has 0 fully saturated rings. The van der Waals surface area contributed by atoms with E-state index in [1.165, 1.54) is 11.8 Å². The molecule has 0 spiro atoms. The molecule has 2 rings (SSSR count). The molecule has 5 heteroatoms. The molecule has 0 unspecified atom stereocenters. The summed E-state index contributed by atoms with van der Waals surface area (Å²) >= 11 is 1.49. The zero-order chi connectivity index (χ0) is 15.2. The third-order valence-electron chi connectivity index (χ3n) is 3.46. The summed E-state index contributed by atoms with van der Waals surface area (Å²) in [7, 11) is 1.99. The number of imidazole rings is 1. The maximum Gasteiger partial charge on any atom is 0.233 e. The molecule has 112 valence electrons. The highest BCUT2D eigenvalue weighted by atomic mass is 32.2. The van der Waals surface area contributed by atoms with Gasteiger partial charge in [0, 0.05) is 20.1 Å². The molecular formula is C16H21N3OS. The first-order valence-corrected chi connectivity index (χ1v) is 8.13. The number of hydrogen-bond acceptors (Lipinski definition) is 3. The molecule has 21 heavy (non-hydrogen) atoms. The van der Waals surface area contributed by atoms with Crippen molar-refractivity contribution in [2.75, 3.05) is 18.8 Å². The molecule has 0 N–H and O–H groups in total. The molecule has 1 amide bonds. The Morgan fingerprint density at radius 2 is 1.90 bits per heavy atom. The number of hydrogen-bond donors (Lipinski definition) is 0. The molecule has 0 bridgehead atoms. The van der Waals surface area contributed by atoms with Crippen molar-refractivity contribution in [1.29, 1.82) is 0 Å². The summed E-state index contributed by atoms with van der Waals surface area (Å²) in [6.45, 7) is 5.51. The van der Waals surface area contributed by atoms with Crippen LogP contribution in [0.4, 0.5) is 0 Å². The maximum atomic E-state index is 12.0. The maximum absolute atomic E-state index is 12.0. The van der Waals surface area contributed by atoms with Gasteiger partial charge in [-0.25, -0.2) is 4.98 Å². The number of carbonyl (C=O) groups excluding carboxylic acids is 1. The lowest BCUT2D eigenvalue weighted by Gasteiger charge is -2.18. The van der Waals surface area contributed by atoms with E-state index < -0.39 is 0 Å². The molecule has 0 radical (unpaired) electrons. The summed E-state index contributed by atoms with van der Waals surface area (Å²) in [5, 5.41) is 0.870. The topological polar surface area (TPSA) is 38.1 Å². The minimum absolute atomic E-state index is 0.161. The van der Waals surface area contributed by atoms with Crippen molar-refractivity contribution in [2.45, 2.75) is 19.0 Å². The third kappa shape index (κ3) is 3.67.